The minimum Gasteiger partial charge on any atom is -0.436 e. The van der Waals surface area contributed by atoms with Gasteiger partial charge in [0.25, 0.3) is 5.91 Å². The first-order chi connectivity index (χ1) is 15.5. The van der Waals surface area contributed by atoms with Crippen molar-refractivity contribution in [1.82, 2.24) is 4.98 Å². The fourth-order valence-electron chi connectivity index (χ4n) is 3.81. The van der Waals surface area contributed by atoms with Crippen molar-refractivity contribution in [2.45, 2.75) is 19.8 Å². The van der Waals surface area contributed by atoms with Crippen LogP contribution >= 0.6 is 11.6 Å². The Morgan fingerprint density at radius 2 is 1.69 bits per heavy atom. The zero-order chi connectivity index (χ0) is 22.2. The SMILES string of the molecule is CC(C)c1ccc(-c2nc3cc(NC(=O)c4cccc5c(Cl)cccc45)ccc3o2)cc1. The molecule has 1 aromatic heterocycles. The van der Waals surface area contributed by atoms with E-state index in [0.717, 1.165) is 16.3 Å². The number of halogens is 1. The third kappa shape index (κ3) is 3.74. The van der Waals surface area contributed by atoms with Gasteiger partial charge in [-0.25, -0.2) is 4.98 Å². The van der Waals surface area contributed by atoms with Gasteiger partial charge in [0.05, 0.1) is 0 Å². The summed E-state index contributed by atoms with van der Waals surface area (Å²) in [7, 11) is 0. The minimum atomic E-state index is -0.204. The molecule has 5 aromatic rings. The first-order valence-corrected chi connectivity index (χ1v) is 10.9. The van der Waals surface area contributed by atoms with Gasteiger partial charge < -0.3 is 9.73 Å². The van der Waals surface area contributed by atoms with Gasteiger partial charge in [-0.3, -0.25) is 4.79 Å². The number of amides is 1. The average molecular weight is 441 g/mol. The van der Waals surface area contributed by atoms with Crippen LogP contribution < -0.4 is 5.32 Å². The summed E-state index contributed by atoms with van der Waals surface area (Å²) in [5, 5.41) is 5.25. The highest BCUT2D eigenvalue weighted by molar-refractivity contribution is 6.36. The standard InChI is InChI=1S/C27H21ClN2O2/c1-16(2)17-9-11-18(12-10-17)27-30-24-15-19(13-14-25(24)32-27)29-26(31)22-7-3-6-21-20(22)5-4-8-23(21)28/h3-16H,1-2H3,(H,29,31). The lowest BCUT2D eigenvalue weighted by atomic mass is 10.0. The predicted molar refractivity (Wildman–Crippen MR) is 130 cm³/mol. The summed E-state index contributed by atoms with van der Waals surface area (Å²) in [6.45, 7) is 4.33. The Labute approximate surface area is 190 Å². The average Bonchev–Trinajstić information content (AvgIpc) is 3.22. The molecule has 0 aliphatic heterocycles. The van der Waals surface area contributed by atoms with Crippen molar-refractivity contribution in [3.05, 3.63) is 95.0 Å². The Kier molecular flexibility index (Phi) is 5.16. The van der Waals surface area contributed by atoms with E-state index in [2.05, 4.69) is 36.3 Å². The molecule has 0 aliphatic rings. The number of carbonyl (C=O) groups excluding carboxylic acids is 1. The lowest BCUT2D eigenvalue weighted by Crippen LogP contribution is -2.12. The molecule has 1 amide bonds. The van der Waals surface area contributed by atoms with Crippen LogP contribution in [0.1, 0.15) is 35.7 Å². The van der Waals surface area contributed by atoms with E-state index in [0.29, 0.717) is 39.2 Å². The van der Waals surface area contributed by atoms with Gasteiger partial charge >= 0.3 is 0 Å². The zero-order valence-electron chi connectivity index (χ0n) is 17.7. The van der Waals surface area contributed by atoms with Crippen LogP contribution in [0.3, 0.4) is 0 Å². The number of rotatable bonds is 4. The largest absolute Gasteiger partial charge is 0.436 e. The predicted octanol–water partition coefficient (Wildman–Crippen LogP) is 7.68. The van der Waals surface area contributed by atoms with Crippen molar-refractivity contribution < 1.29 is 9.21 Å². The van der Waals surface area contributed by atoms with Crippen molar-refractivity contribution in [3.63, 3.8) is 0 Å². The molecular formula is C27H21ClN2O2. The summed E-state index contributed by atoms with van der Waals surface area (Å²) < 4.78 is 5.93. The van der Waals surface area contributed by atoms with E-state index in [1.165, 1.54) is 5.56 Å². The third-order valence-corrected chi connectivity index (χ3v) is 5.91. The monoisotopic (exact) mass is 440 g/mol. The lowest BCUT2D eigenvalue weighted by Gasteiger charge is -2.09. The highest BCUT2D eigenvalue weighted by atomic mass is 35.5. The summed E-state index contributed by atoms with van der Waals surface area (Å²) in [6, 6.07) is 24.8. The highest BCUT2D eigenvalue weighted by Gasteiger charge is 2.14. The smallest absolute Gasteiger partial charge is 0.256 e. The van der Waals surface area contributed by atoms with Gasteiger partial charge in [-0.05, 0) is 59.3 Å². The molecule has 1 N–H and O–H groups in total. The fraction of sp³-hybridized carbons (Fsp3) is 0.111. The van der Waals surface area contributed by atoms with Crippen LogP contribution in [0.25, 0.3) is 33.3 Å². The Morgan fingerprint density at radius 3 is 2.47 bits per heavy atom. The van der Waals surface area contributed by atoms with Crippen LogP contribution in [0.2, 0.25) is 5.02 Å². The van der Waals surface area contributed by atoms with E-state index < -0.39 is 0 Å². The van der Waals surface area contributed by atoms with Gasteiger partial charge in [-0.15, -0.1) is 0 Å². The number of hydrogen-bond donors (Lipinski definition) is 1. The third-order valence-electron chi connectivity index (χ3n) is 5.58. The second kappa shape index (κ2) is 8.13. The minimum absolute atomic E-state index is 0.204. The van der Waals surface area contributed by atoms with Gasteiger partial charge in [0.15, 0.2) is 5.58 Å². The van der Waals surface area contributed by atoms with Crippen molar-refractivity contribution >= 4 is 45.1 Å². The molecular weight excluding hydrogens is 420 g/mol. The molecule has 1 heterocycles. The maximum absolute atomic E-state index is 13.0. The van der Waals surface area contributed by atoms with E-state index in [-0.39, 0.29) is 5.91 Å². The molecule has 5 heteroatoms. The van der Waals surface area contributed by atoms with Gasteiger partial charge in [0.2, 0.25) is 5.89 Å². The Morgan fingerprint density at radius 1 is 0.938 bits per heavy atom. The summed E-state index contributed by atoms with van der Waals surface area (Å²) >= 11 is 6.29. The lowest BCUT2D eigenvalue weighted by molar-refractivity contribution is 0.102. The number of oxazole rings is 1. The number of nitrogens with zero attached hydrogens (tertiary/aromatic N) is 1. The van der Waals surface area contributed by atoms with Crippen LogP contribution in [-0.4, -0.2) is 10.9 Å². The van der Waals surface area contributed by atoms with E-state index >= 15 is 0 Å². The van der Waals surface area contributed by atoms with Gasteiger partial charge in [0.1, 0.15) is 5.52 Å². The maximum Gasteiger partial charge on any atom is 0.256 e. The molecule has 0 saturated heterocycles. The Balaban J connectivity index is 1.43. The second-order valence-electron chi connectivity index (χ2n) is 8.07. The molecule has 0 bridgehead atoms. The number of aromatic nitrogens is 1. The van der Waals surface area contributed by atoms with Crippen molar-refractivity contribution in [2.24, 2.45) is 0 Å². The number of benzene rings is 4. The summed E-state index contributed by atoms with van der Waals surface area (Å²) in [5.41, 5.74) is 4.76. The van der Waals surface area contributed by atoms with Crippen LogP contribution in [0.5, 0.6) is 0 Å². The quantitative estimate of drug-likeness (QED) is 0.312. The molecule has 0 saturated carbocycles. The van der Waals surface area contributed by atoms with E-state index in [1.807, 2.05) is 60.7 Å². The number of anilines is 1. The molecule has 0 spiro atoms. The molecule has 0 atom stereocenters. The number of carbonyl (C=O) groups is 1. The van der Waals surface area contributed by atoms with Crippen LogP contribution in [0.15, 0.2) is 83.3 Å². The van der Waals surface area contributed by atoms with Crippen molar-refractivity contribution in [2.75, 3.05) is 5.32 Å². The molecule has 0 radical (unpaired) electrons. The maximum atomic E-state index is 13.0. The Bertz CT molecular complexity index is 1450. The molecule has 158 valence electrons. The second-order valence-corrected chi connectivity index (χ2v) is 8.48. The molecule has 32 heavy (non-hydrogen) atoms. The molecule has 0 fully saturated rings. The molecule has 5 rings (SSSR count). The summed E-state index contributed by atoms with van der Waals surface area (Å²) in [4.78, 5) is 17.6. The van der Waals surface area contributed by atoms with E-state index in [1.54, 1.807) is 6.07 Å². The number of nitrogens with one attached hydrogen (secondary N) is 1. The molecule has 4 nitrogen and oxygen atoms in total. The normalized spacial score (nSPS) is 11.4. The first-order valence-electron chi connectivity index (χ1n) is 10.5. The molecule has 4 aromatic carbocycles. The molecule has 0 unspecified atom stereocenters. The topological polar surface area (TPSA) is 55.1 Å². The highest BCUT2D eigenvalue weighted by Crippen LogP contribution is 2.29. The van der Waals surface area contributed by atoms with E-state index in [4.69, 9.17) is 16.0 Å². The molecule has 0 aliphatic carbocycles. The van der Waals surface area contributed by atoms with Crippen molar-refractivity contribution in [1.29, 1.82) is 0 Å². The summed E-state index contributed by atoms with van der Waals surface area (Å²) in [5.74, 6) is 0.823. The summed E-state index contributed by atoms with van der Waals surface area (Å²) in [6.07, 6.45) is 0. The van der Waals surface area contributed by atoms with Gasteiger partial charge in [-0.1, -0.05) is 61.8 Å². The van der Waals surface area contributed by atoms with Crippen LogP contribution in [0.4, 0.5) is 5.69 Å². The zero-order valence-corrected chi connectivity index (χ0v) is 18.5. The van der Waals surface area contributed by atoms with Gasteiger partial charge in [-0.2, -0.15) is 0 Å². The first kappa shape index (κ1) is 20.3. The van der Waals surface area contributed by atoms with Crippen LogP contribution in [-0.2, 0) is 0 Å². The Hall–Kier alpha value is -3.63. The number of fused-ring (bicyclic) bond motifs is 2. The van der Waals surface area contributed by atoms with Gasteiger partial charge in [0, 0.05) is 27.2 Å². The fourth-order valence-corrected chi connectivity index (χ4v) is 4.04. The van der Waals surface area contributed by atoms with E-state index in [9.17, 15) is 4.79 Å². The number of hydrogen-bond acceptors (Lipinski definition) is 3. The van der Waals surface area contributed by atoms with Crippen LogP contribution in [0, 0.1) is 0 Å². The van der Waals surface area contributed by atoms with Crippen molar-refractivity contribution in [3.8, 4) is 11.5 Å².